The fourth-order valence-electron chi connectivity index (χ4n) is 3.27. The molecule has 5 nitrogen and oxygen atoms in total. The lowest BCUT2D eigenvalue weighted by Gasteiger charge is -2.25. The molecule has 3 amide bonds. The molecule has 3 rings (SSSR count). The standard InChI is InChI=1S/C17H19N3O2/c18-17(22)19-16(21)11-20-10-4-9-15(20)14-8-3-6-12-5-1-2-7-13(12)14/h1-3,5-8,15H,4,9-11H2,(H3,18,19,21,22)/t15-/m0/s1. The molecule has 0 radical (unpaired) electrons. The molecule has 0 saturated carbocycles. The Morgan fingerprint density at radius 2 is 1.95 bits per heavy atom. The van der Waals surface area contributed by atoms with Crippen LogP contribution in [0.2, 0.25) is 0 Å². The zero-order valence-electron chi connectivity index (χ0n) is 12.3. The van der Waals surface area contributed by atoms with Gasteiger partial charge in [-0.1, -0.05) is 42.5 Å². The van der Waals surface area contributed by atoms with Gasteiger partial charge in [-0.25, -0.2) is 4.79 Å². The lowest BCUT2D eigenvalue weighted by Crippen LogP contribution is -2.42. The number of imide groups is 1. The zero-order valence-corrected chi connectivity index (χ0v) is 12.3. The minimum Gasteiger partial charge on any atom is -0.351 e. The summed E-state index contributed by atoms with van der Waals surface area (Å²) in [7, 11) is 0. The van der Waals surface area contributed by atoms with E-state index < -0.39 is 6.03 Å². The number of hydrogen-bond acceptors (Lipinski definition) is 3. The van der Waals surface area contributed by atoms with Gasteiger partial charge in [-0.05, 0) is 35.7 Å². The minimum absolute atomic E-state index is 0.191. The van der Waals surface area contributed by atoms with E-state index in [1.807, 2.05) is 12.1 Å². The van der Waals surface area contributed by atoms with Crippen molar-refractivity contribution in [3.8, 4) is 0 Å². The summed E-state index contributed by atoms with van der Waals surface area (Å²) in [6.45, 7) is 1.04. The SMILES string of the molecule is NC(=O)NC(=O)CN1CCC[C@H]1c1cccc2ccccc12. The van der Waals surface area contributed by atoms with Gasteiger partial charge in [-0.15, -0.1) is 0 Å². The first-order valence-corrected chi connectivity index (χ1v) is 7.46. The maximum atomic E-state index is 11.8. The van der Waals surface area contributed by atoms with Crippen LogP contribution < -0.4 is 11.1 Å². The Kier molecular flexibility index (Phi) is 4.06. The van der Waals surface area contributed by atoms with Crippen LogP contribution in [0.15, 0.2) is 42.5 Å². The summed E-state index contributed by atoms with van der Waals surface area (Å²) >= 11 is 0. The number of likely N-dealkylation sites (tertiary alicyclic amines) is 1. The van der Waals surface area contributed by atoms with Crippen LogP contribution in [0, 0.1) is 0 Å². The monoisotopic (exact) mass is 297 g/mol. The molecule has 0 aromatic heterocycles. The van der Waals surface area contributed by atoms with E-state index in [9.17, 15) is 9.59 Å². The third-order valence-corrected chi connectivity index (χ3v) is 4.16. The smallest absolute Gasteiger partial charge is 0.318 e. The second-order valence-corrected chi connectivity index (χ2v) is 5.61. The van der Waals surface area contributed by atoms with Crippen LogP contribution in [0.25, 0.3) is 10.8 Å². The topological polar surface area (TPSA) is 75.4 Å². The second-order valence-electron chi connectivity index (χ2n) is 5.61. The normalized spacial score (nSPS) is 18.5. The average molecular weight is 297 g/mol. The third-order valence-electron chi connectivity index (χ3n) is 4.16. The maximum absolute atomic E-state index is 11.8. The van der Waals surface area contributed by atoms with Crippen molar-refractivity contribution < 1.29 is 9.59 Å². The van der Waals surface area contributed by atoms with E-state index in [1.54, 1.807) is 0 Å². The molecule has 5 heteroatoms. The molecule has 114 valence electrons. The fourth-order valence-corrected chi connectivity index (χ4v) is 3.27. The van der Waals surface area contributed by atoms with Crippen LogP contribution in [0.1, 0.15) is 24.4 Å². The average Bonchev–Trinajstić information content (AvgIpc) is 2.93. The first-order chi connectivity index (χ1) is 10.6. The molecule has 1 aliphatic heterocycles. The van der Waals surface area contributed by atoms with Crippen molar-refractivity contribution in [2.75, 3.05) is 13.1 Å². The number of amides is 3. The molecule has 0 unspecified atom stereocenters. The Balaban J connectivity index is 1.86. The highest BCUT2D eigenvalue weighted by Gasteiger charge is 2.28. The van der Waals surface area contributed by atoms with Crippen molar-refractivity contribution in [3.63, 3.8) is 0 Å². The van der Waals surface area contributed by atoms with Gasteiger partial charge in [0.15, 0.2) is 0 Å². The summed E-state index contributed by atoms with van der Waals surface area (Å²) in [6, 6.07) is 13.9. The maximum Gasteiger partial charge on any atom is 0.318 e. The third kappa shape index (κ3) is 2.94. The molecule has 1 saturated heterocycles. The van der Waals surface area contributed by atoms with Crippen LogP contribution in [0.3, 0.4) is 0 Å². The summed E-state index contributed by atoms with van der Waals surface area (Å²) in [6.07, 6.45) is 2.05. The van der Waals surface area contributed by atoms with Crippen molar-refractivity contribution in [1.29, 1.82) is 0 Å². The van der Waals surface area contributed by atoms with E-state index in [0.717, 1.165) is 19.4 Å². The molecule has 0 aliphatic carbocycles. The van der Waals surface area contributed by atoms with Crippen LogP contribution in [0.4, 0.5) is 4.79 Å². The van der Waals surface area contributed by atoms with Gasteiger partial charge in [0.25, 0.3) is 0 Å². The highest BCUT2D eigenvalue weighted by Crippen LogP contribution is 2.35. The Labute approximate surface area is 129 Å². The predicted octanol–water partition coefficient (Wildman–Crippen LogP) is 2.17. The molecule has 1 fully saturated rings. The molecule has 1 heterocycles. The summed E-state index contributed by atoms with van der Waals surface area (Å²) in [4.78, 5) is 24.7. The summed E-state index contributed by atoms with van der Waals surface area (Å²) in [5.41, 5.74) is 6.24. The van der Waals surface area contributed by atoms with Crippen molar-refractivity contribution in [2.24, 2.45) is 5.73 Å². The Morgan fingerprint density at radius 3 is 2.77 bits per heavy atom. The van der Waals surface area contributed by atoms with Gasteiger partial charge in [0, 0.05) is 6.04 Å². The quantitative estimate of drug-likeness (QED) is 0.911. The Bertz CT molecular complexity index is 709. The number of urea groups is 1. The number of nitrogens with two attached hydrogens (primary N) is 1. The van der Waals surface area contributed by atoms with Crippen LogP contribution in [-0.4, -0.2) is 29.9 Å². The number of hydrogen-bond donors (Lipinski definition) is 2. The number of nitrogens with zero attached hydrogens (tertiary/aromatic N) is 1. The van der Waals surface area contributed by atoms with Gasteiger partial charge in [0.1, 0.15) is 0 Å². The van der Waals surface area contributed by atoms with Crippen molar-refractivity contribution in [1.82, 2.24) is 10.2 Å². The lowest BCUT2D eigenvalue weighted by atomic mass is 9.97. The largest absolute Gasteiger partial charge is 0.351 e. The van der Waals surface area contributed by atoms with E-state index in [1.165, 1.54) is 16.3 Å². The number of carbonyl (C=O) groups excluding carboxylic acids is 2. The van der Waals surface area contributed by atoms with Gasteiger partial charge in [-0.2, -0.15) is 0 Å². The number of primary amides is 1. The molecule has 2 aromatic rings. The molecule has 2 aromatic carbocycles. The Hall–Kier alpha value is -2.40. The summed E-state index contributed by atoms with van der Waals surface area (Å²) in [5, 5.41) is 4.56. The number of rotatable bonds is 3. The van der Waals surface area contributed by atoms with Gasteiger partial charge in [0.05, 0.1) is 6.54 Å². The Morgan fingerprint density at radius 1 is 1.18 bits per heavy atom. The van der Waals surface area contributed by atoms with E-state index in [2.05, 4.69) is 40.5 Å². The molecule has 0 bridgehead atoms. The molecule has 3 N–H and O–H groups in total. The molecule has 22 heavy (non-hydrogen) atoms. The summed E-state index contributed by atoms with van der Waals surface area (Å²) in [5.74, 6) is -0.348. The predicted molar refractivity (Wildman–Crippen MR) is 85.2 cm³/mol. The fraction of sp³-hybridized carbons (Fsp3) is 0.294. The van der Waals surface area contributed by atoms with E-state index in [0.29, 0.717) is 0 Å². The lowest BCUT2D eigenvalue weighted by molar-refractivity contribution is -0.121. The number of nitrogens with one attached hydrogen (secondary N) is 1. The van der Waals surface area contributed by atoms with Gasteiger partial charge in [-0.3, -0.25) is 15.0 Å². The molecular formula is C17H19N3O2. The second kappa shape index (κ2) is 6.15. The van der Waals surface area contributed by atoms with Crippen LogP contribution in [-0.2, 0) is 4.79 Å². The van der Waals surface area contributed by atoms with E-state index in [-0.39, 0.29) is 18.5 Å². The number of carbonyl (C=O) groups is 2. The van der Waals surface area contributed by atoms with Crippen LogP contribution >= 0.6 is 0 Å². The minimum atomic E-state index is -0.800. The van der Waals surface area contributed by atoms with E-state index >= 15 is 0 Å². The summed E-state index contributed by atoms with van der Waals surface area (Å²) < 4.78 is 0. The van der Waals surface area contributed by atoms with Crippen molar-refractivity contribution >= 4 is 22.7 Å². The van der Waals surface area contributed by atoms with Gasteiger partial charge in [0.2, 0.25) is 5.91 Å². The number of fused-ring (bicyclic) bond motifs is 1. The number of benzene rings is 2. The highest BCUT2D eigenvalue weighted by atomic mass is 16.2. The van der Waals surface area contributed by atoms with Gasteiger partial charge >= 0.3 is 6.03 Å². The first kappa shape index (κ1) is 14.5. The van der Waals surface area contributed by atoms with Crippen molar-refractivity contribution in [3.05, 3.63) is 48.0 Å². The molecule has 1 atom stereocenters. The van der Waals surface area contributed by atoms with Crippen LogP contribution in [0.5, 0.6) is 0 Å². The highest BCUT2D eigenvalue weighted by molar-refractivity contribution is 5.94. The first-order valence-electron chi connectivity index (χ1n) is 7.46. The zero-order chi connectivity index (χ0) is 15.5. The van der Waals surface area contributed by atoms with E-state index in [4.69, 9.17) is 5.73 Å². The molecular weight excluding hydrogens is 278 g/mol. The molecule has 1 aliphatic rings. The molecule has 0 spiro atoms. The van der Waals surface area contributed by atoms with Gasteiger partial charge < -0.3 is 5.73 Å². The van der Waals surface area contributed by atoms with Crippen molar-refractivity contribution in [2.45, 2.75) is 18.9 Å².